The molecule has 1 aromatic carbocycles. The predicted molar refractivity (Wildman–Crippen MR) is 60.8 cm³/mol. The first-order valence-corrected chi connectivity index (χ1v) is 4.83. The largest absolute Gasteiger partial charge is 0.330 e. The van der Waals surface area contributed by atoms with Crippen molar-refractivity contribution in [3.63, 3.8) is 0 Å². The zero-order valence-electron chi connectivity index (χ0n) is 8.02. The van der Waals surface area contributed by atoms with E-state index < -0.39 is 4.92 Å². The summed E-state index contributed by atoms with van der Waals surface area (Å²) in [5.74, 6) is 0. The second-order valence-corrected chi connectivity index (χ2v) is 3.35. The van der Waals surface area contributed by atoms with E-state index in [4.69, 9.17) is 17.3 Å². The molecule has 0 aliphatic rings. The van der Waals surface area contributed by atoms with Gasteiger partial charge < -0.3 is 5.73 Å². The van der Waals surface area contributed by atoms with Gasteiger partial charge in [0, 0.05) is 6.07 Å². The maximum Gasteiger partial charge on any atom is 0.288 e. The van der Waals surface area contributed by atoms with Gasteiger partial charge in [0.25, 0.3) is 5.69 Å². The molecule has 0 saturated heterocycles. The highest BCUT2D eigenvalue weighted by Crippen LogP contribution is 2.25. The van der Waals surface area contributed by atoms with Crippen molar-refractivity contribution in [2.75, 3.05) is 6.54 Å². The topological polar surface area (TPSA) is 69.2 Å². The van der Waals surface area contributed by atoms with Gasteiger partial charge in [0.05, 0.1) is 4.92 Å². The van der Waals surface area contributed by atoms with Crippen LogP contribution in [0, 0.1) is 10.1 Å². The molecule has 0 spiro atoms. The number of nitro groups is 1. The molecule has 1 rings (SSSR count). The lowest BCUT2D eigenvalue weighted by molar-refractivity contribution is -0.384. The van der Waals surface area contributed by atoms with Crippen molar-refractivity contribution in [2.24, 2.45) is 5.73 Å². The Balaban J connectivity index is 2.92. The van der Waals surface area contributed by atoms with Gasteiger partial charge in [0.2, 0.25) is 0 Å². The normalized spacial score (nSPS) is 10.8. The monoisotopic (exact) mass is 226 g/mol. The molecule has 0 saturated carbocycles. The van der Waals surface area contributed by atoms with Gasteiger partial charge in [-0.3, -0.25) is 10.1 Å². The Bertz CT molecular complexity index is 391. The summed E-state index contributed by atoms with van der Waals surface area (Å²) >= 11 is 5.67. The van der Waals surface area contributed by atoms with Crippen molar-refractivity contribution in [3.05, 3.63) is 45.0 Å². The summed E-state index contributed by atoms with van der Waals surface area (Å²) in [6, 6.07) is 4.68. The van der Waals surface area contributed by atoms with E-state index in [0.717, 1.165) is 12.0 Å². The molecule has 0 aromatic heterocycles. The molecule has 5 heteroatoms. The first kappa shape index (κ1) is 11.7. The summed E-state index contributed by atoms with van der Waals surface area (Å²) in [5, 5.41) is 10.7. The van der Waals surface area contributed by atoms with E-state index in [9.17, 15) is 10.1 Å². The minimum absolute atomic E-state index is 0.0773. The Kier molecular flexibility index (Phi) is 4.27. The van der Waals surface area contributed by atoms with Crippen molar-refractivity contribution < 1.29 is 4.92 Å². The zero-order chi connectivity index (χ0) is 11.3. The number of rotatable bonds is 4. The van der Waals surface area contributed by atoms with Gasteiger partial charge in [-0.1, -0.05) is 29.8 Å². The molecule has 0 atom stereocenters. The van der Waals surface area contributed by atoms with Crippen LogP contribution in [-0.4, -0.2) is 11.5 Å². The van der Waals surface area contributed by atoms with E-state index in [1.54, 1.807) is 12.1 Å². The van der Waals surface area contributed by atoms with Gasteiger partial charge in [-0.15, -0.1) is 0 Å². The summed E-state index contributed by atoms with van der Waals surface area (Å²) in [5.41, 5.74) is 5.99. The fraction of sp³-hybridized carbons (Fsp3) is 0.200. The Labute approximate surface area is 92.5 Å². The van der Waals surface area contributed by atoms with Gasteiger partial charge in [-0.05, 0) is 24.6 Å². The number of nitrogens with zero attached hydrogens (tertiary/aromatic N) is 1. The van der Waals surface area contributed by atoms with E-state index in [-0.39, 0.29) is 10.7 Å². The van der Waals surface area contributed by atoms with E-state index >= 15 is 0 Å². The van der Waals surface area contributed by atoms with Crippen molar-refractivity contribution >= 4 is 23.4 Å². The molecule has 4 nitrogen and oxygen atoms in total. The third-order valence-corrected chi connectivity index (χ3v) is 2.13. The summed E-state index contributed by atoms with van der Waals surface area (Å²) < 4.78 is 0. The lowest BCUT2D eigenvalue weighted by atomic mass is 10.2. The second kappa shape index (κ2) is 5.48. The smallest absolute Gasteiger partial charge is 0.288 e. The summed E-state index contributed by atoms with van der Waals surface area (Å²) in [7, 11) is 0. The van der Waals surface area contributed by atoms with Crippen LogP contribution in [0.25, 0.3) is 6.08 Å². The molecule has 15 heavy (non-hydrogen) atoms. The standard InChI is InChI=1S/C10H11ClN2O2/c11-9-5-4-8(3-1-2-6-12)7-10(9)13(14)15/h1,3-5,7H,2,6,12H2. The number of benzene rings is 1. The van der Waals surface area contributed by atoms with Gasteiger partial charge in [-0.25, -0.2) is 0 Å². The molecule has 2 N–H and O–H groups in total. The van der Waals surface area contributed by atoms with Crippen LogP contribution in [0.2, 0.25) is 5.02 Å². The van der Waals surface area contributed by atoms with Gasteiger partial charge in [0.1, 0.15) is 5.02 Å². The van der Waals surface area contributed by atoms with Gasteiger partial charge in [0.15, 0.2) is 0 Å². The Hall–Kier alpha value is -1.39. The number of hydrogen-bond donors (Lipinski definition) is 1. The summed E-state index contributed by atoms with van der Waals surface area (Å²) in [6.45, 7) is 0.562. The molecule has 0 unspecified atom stereocenters. The van der Waals surface area contributed by atoms with E-state index in [0.29, 0.717) is 6.54 Å². The molecule has 1 aromatic rings. The van der Waals surface area contributed by atoms with Gasteiger partial charge >= 0.3 is 0 Å². The Morgan fingerprint density at radius 3 is 2.87 bits per heavy atom. The highest BCUT2D eigenvalue weighted by molar-refractivity contribution is 6.32. The minimum atomic E-state index is -0.497. The van der Waals surface area contributed by atoms with Crippen molar-refractivity contribution in [2.45, 2.75) is 6.42 Å². The summed E-state index contributed by atoms with van der Waals surface area (Å²) in [4.78, 5) is 10.1. The summed E-state index contributed by atoms with van der Waals surface area (Å²) in [6.07, 6.45) is 4.40. The maximum absolute atomic E-state index is 10.6. The molecule has 0 radical (unpaired) electrons. The third-order valence-electron chi connectivity index (χ3n) is 1.81. The van der Waals surface area contributed by atoms with Crippen LogP contribution in [0.5, 0.6) is 0 Å². The van der Waals surface area contributed by atoms with E-state index in [2.05, 4.69) is 0 Å². The molecule has 0 fully saturated rings. The number of nitrogens with two attached hydrogens (primary N) is 1. The lowest BCUT2D eigenvalue weighted by Crippen LogP contribution is -1.95. The fourth-order valence-corrected chi connectivity index (χ4v) is 1.28. The highest BCUT2D eigenvalue weighted by atomic mass is 35.5. The molecule has 80 valence electrons. The third kappa shape index (κ3) is 3.34. The van der Waals surface area contributed by atoms with Crippen LogP contribution in [0.15, 0.2) is 24.3 Å². The molecule has 0 heterocycles. The minimum Gasteiger partial charge on any atom is -0.330 e. The number of nitro benzene ring substituents is 1. The quantitative estimate of drug-likeness (QED) is 0.634. The Morgan fingerprint density at radius 1 is 1.53 bits per heavy atom. The first-order valence-electron chi connectivity index (χ1n) is 4.45. The van der Waals surface area contributed by atoms with Gasteiger partial charge in [-0.2, -0.15) is 0 Å². The second-order valence-electron chi connectivity index (χ2n) is 2.95. The van der Waals surface area contributed by atoms with E-state index in [1.165, 1.54) is 12.1 Å². The fourth-order valence-electron chi connectivity index (χ4n) is 1.09. The molecule has 0 aliphatic carbocycles. The van der Waals surface area contributed by atoms with E-state index in [1.807, 2.05) is 6.08 Å². The molecular weight excluding hydrogens is 216 g/mol. The van der Waals surface area contributed by atoms with Crippen LogP contribution >= 0.6 is 11.6 Å². The SMILES string of the molecule is NCCC=Cc1ccc(Cl)c([N+](=O)[O-])c1. The van der Waals surface area contributed by atoms with Crippen LogP contribution < -0.4 is 5.73 Å². The van der Waals surface area contributed by atoms with Crippen LogP contribution in [0.3, 0.4) is 0 Å². The lowest BCUT2D eigenvalue weighted by Gasteiger charge is -1.97. The first-order chi connectivity index (χ1) is 7.15. The van der Waals surface area contributed by atoms with Crippen molar-refractivity contribution in [1.29, 1.82) is 0 Å². The maximum atomic E-state index is 10.6. The Morgan fingerprint density at radius 2 is 2.27 bits per heavy atom. The number of halogens is 1. The molecule has 0 bridgehead atoms. The molecule has 0 aliphatic heterocycles. The van der Waals surface area contributed by atoms with Crippen LogP contribution in [0.4, 0.5) is 5.69 Å². The van der Waals surface area contributed by atoms with Crippen molar-refractivity contribution in [1.82, 2.24) is 0 Å². The average Bonchev–Trinajstić information content (AvgIpc) is 2.20. The highest BCUT2D eigenvalue weighted by Gasteiger charge is 2.11. The molecular formula is C10H11ClN2O2. The number of hydrogen-bond acceptors (Lipinski definition) is 3. The average molecular weight is 227 g/mol. The molecule has 0 amide bonds. The predicted octanol–water partition coefficient (Wildman–Crippen LogP) is 2.61. The zero-order valence-corrected chi connectivity index (χ0v) is 8.78. The van der Waals surface area contributed by atoms with Crippen LogP contribution in [-0.2, 0) is 0 Å². The van der Waals surface area contributed by atoms with Crippen LogP contribution in [0.1, 0.15) is 12.0 Å². The van der Waals surface area contributed by atoms with Crippen molar-refractivity contribution in [3.8, 4) is 0 Å².